The molecule has 0 aromatic heterocycles. The Kier molecular flexibility index (Phi) is 2.59. The molecular weight excluding hydrogens is 226 g/mol. The zero-order valence-electron chi connectivity index (χ0n) is 9.82. The summed E-state index contributed by atoms with van der Waals surface area (Å²) in [5, 5.41) is 10.6. The normalized spacial score (nSPS) is 21.6. The second kappa shape index (κ2) is 4.26. The Morgan fingerprint density at radius 2 is 1.44 bits per heavy atom. The number of nitro benzene ring substituents is 1. The van der Waals surface area contributed by atoms with E-state index < -0.39 is 0 Å². The molecule has 1 aliphatic rings. The van der Waals surface area contributed by atoms with Gasteiger partial charge in [0.25, 0.3) is 5.69 Å². The van der Waals surface area contributed by atoms with Gasteiger partial charge in [-0.1, -0.05) is 42.5 Å². The van der Waals surface area contributed by atoms with Crippen LogP contribution in [0.3, 0.4) is 0 Å². The van der Waals surface area contributed by atoms with E-state index in [1.165, 1.54) is 11.1 Å². The van der Waals surface area contributed by atoms with Crippen molar-refractivity contribution in [1.29, 1.82) is 0 Å². The van der Waals surface area contributed by atoms with Gasteiger partial charge in [0.15, 0.2) is 0 Å². The maximum Gasteiger partial charge on any atom is 0.269 e. The van der Waals surface area contributed by atoms with E-state index in [0.717, 1.165) is 6.42 Å². The van der Waals surface area contributed by atoms with E-state index in [9.17, 15) is 10.1 Å². The van der Waals surface area contributed by atoms with Crippen LogP contribution in [0, 0.1) is 10.1 Å². The van der Waals surface area contributed by atoms with Crippen molar-refractivity contribution in [2.75, 3.05) is 0 Å². The minimum Gasteiger partial charge on any atom is -0.258 e. The van der Waals surface area contributed by atoms with Gasteiger partial charge in [-0.3, -0.25) is 10.1 Å². The van der Waals surface area contributed by atoms with Crippen LogP contribution in [0.15, 0.2) is 54.6 Å². The predicted molar refractivity (Wildman–Crippen MR) is 69.6 cm³/mol. The standard InChI is InChI=1S/C15H13NO2/c17-16(18)13-8-6-12(7-9-13)15-10-14(15)11-4-2-1-3-5-11/h1-9,14-15H,10H2/t14-,15-/m0/s1. The molecule has 0 bridgehead atoms. The third kappa shape index (κ3) is 1.99. The number of nitro groups is 1. The molecule has 0 spiro atoms. The summed E-state index contributed by atoms with van der Waals surface area (Å²) in [6, 6.07) is 17.4. The number of hydrogen-bond acceptors (Lipinski definition) is 2. The van der Waals surface area contributed by atoms with E-state index in [-0.39, 0.29) is 10.6 Å². The summed E-state index contributed by atoms with van der Waals surface area (Å²) < 4.78 is 0. The highest BCUT2D eigenvalue weighted by Crippen LogP contribution is 2.54. The van der Waals surface area contributed by atoms with Crippen molar-refractivity contribution in [3.05, 3.63) is 75.8 Å². The number of nitrogens with zero attached hydrogens (tertiary/aromatic N) is 1. The molecule has 1 fully saturated rings. The van der Waals surface area contributed by atoms with Crippen molar-refractivity contribution < 1.29 is 4.92 Å². The molecule has 0 N–H and O–H groups in total. The summed E-state index contributed by atoms with van der Waals surface area (Å²) in [6.45, 7) is 0. The fraction of sp³-hybridized carbons (Fsp3) is 0.200. The van der Waals surface area contributed by atoms with Crippen LogP contribution in [-0.2, 0) is 0 Å². The average molecular weight is 239 g/mol. The first-order chi connectivity index (χ1) is 8.75. The van der Waals surface area contributed by atoms with E-state index in [2.05, 4.69) is 24.3 Å². The smallest absolute Gasteiger partial charge is 0.258 e. The first kappa shape index (κ1) is 11.0. The number of benzene rings is 2. The van der Waals surface area contributed by atoms with Crippen molar-refractivity contribution in [2.24, 2.45) is 0 Å². The molecule has 0 saturated heterocycles. The summed E-state index contributed by atoms with van der Waals surface area (Å²) >= 11 is 0. The van der Waals surface area contributed by atoms with Crippen molar-refractivity contribution in [1.82, 2.24) is 0 Å². The molecule has 3 heteroatoms. The molecule has 0 unspecified atom stereocenters. The Bertz CT molecular complexity index is 563. The van der Waals surface area contributed by atoms with E-state index >= 15 is 0 Å². The molecule has 90 valence electrons. The molecule has 0 heterocycles. The quantitative estimate of drug-likeness (QED) is 0.602. The SMILES string of the molecule is O=[N+]([O-])c1ccc([C@@H]2C[C@H]2c2ccccc2)cc1. The fourth-order valence-electron chi connectivity index (χ4n) is 2.48. The van der Waals surface area contributed by atoms with Crippen LogP contribution < -0.4 is 0 Å². The summed E-state index contributed by atoms with van der Waals surface area (Å²) in [4.78, 5) is 10.2. The van der Waals surface area contributed by atoms with E-state index in [0.29, 0.717) is 11.8 Å². The first-order valence-electron chi connectivity index (χ1n) is 6.05. The van der Waals surface area contributed by atoms with Gasteiger partial charge in [-0.25, -0.2) is 0 Å². The molecule has 2 aromatic carbocycles. The first-order valence-corrected chi connectivity index (χ1v) is 6.05. The Morgan fingerprint density at radius 1 is 0.889 bits per heavy atom. The minimum atomic E-state index is -0.356. The van der Waals surface area contributed by atoms with Gasteiger partial charge in [-0.15, -0.1) is 0 Å². The number of non-ortho nitro benzene ring substituents is 1. The van der Waals surface area contributed by atoms with Crippen LogP contribution in [0.5, 0.6) is 0 Å². The second-order valence-corrected chi connectivity index (χ2v) is 4.71. The maximum absolute atomic E-state index is 10.6. The number of rotatable bonds is 3. The van der Waals surface area contributed by atoms with Crippen molar-refractivity contribution in [2.45, 2.75) is 18.3 Å². The van der Waals surface area contributed by atoms with E-state index in [4.69, 9.17) is 0 Å². The zero-order chi connectivity index (χ0) is 12.5. The highest BCUT2D eigenvalue weighted by atomic mass is 16.6. The molecule has 18 heavy (non-hydrogen) atoms. The average Bonchev–Trinajstić information content (AvgIpc) is 3.20. The topological polar surface area (TPSA) is 43.1 Å². The monoisotopic (exact) mass is 239 g/mol. The lowest BCUT2D eigenvalue weighted by molar-refractivity contribution is -0.384. The van der Waals surface area contributed by atoms with Gasteiger partial charge in [-0.05, 0) is 29.4 Å². The number of hydrogen-bond donors (Lipinski definition) is 0. The lowest BCUT2D eigenvalue weighted by Crippen LogP contribution is -1.89. The fourth-order valence-corrected chi connectivity index (χ4v) is 2.48. The van der Waals surface area contributed by atoms with Gasteiger partial charge in [0.05, 0.1) is 4.92 Å². The van der Waals surface area contributed by atoms with Gasteiger partial charge in [0.1, 0.15) is 0 Å². The lowest BCUT2D eigenvalue weighted by atomic mass is 10.0. The predicted octanol–water partition coefficient (Wildman–Crippen LogP) is 3.87. The molecule has 0 amide bonds. The molecule has 1 aliphatic carbocycles. The molecule has 3 rings (SSSR count). The van der Waals surface area contributed by atoms with Gasteiger partial charge in [0, 0.05) is 12.1 Å². The van der Waals surface area contributed by atoms with Crippen LogP contribution in [0.25, 0.3) is 0 Å². The molecule has 1 saturated carbocycles. The Morgan fingerprint density at radius 3 is 2.00 bits per heavy atom. The van der Waals surface area contributed by atoms with Crippen LogP contribution in [0.4, 0.5) is 5.69 Å². The highest BCUT2D eigenvalue weighted by molar-refractivity contribution is 5.40. The summed E-state index contributed by atoms with van der Waals surface area (Å²) in [6.07, 6.45) is 1.14. The van der Waals surface area contributed by atoms with Crippen LogP contribution in [0.1, 0.15) is 29.4 Å². The van der Waals surface area contributed by atoms with Gasteiger partial charge in [0.2, 0.25) is 0 Å². The zero-order valence-corrected chi connectivity index (χ0v) is 9.82. The molecule has 3 nitrogen and oxygen atoms in total. The van der Waals surface area contributed by atoms with Crippen molar-refractivity contribution >= 4 is 5.69 Å². The Balaban J connectivity index is 1.77. The van der Waals surface area contributed by atoms with Crippen LogP contribution in [0.2, 0.25) is 0 Å². The summed E-state index contributed by atoms with van der Waals surface area (Å²) in [5.74, 6) is 1.10. The van der Waals surface area contributed by atoms with Gasteiger partial charge < -0.3 is 0 Å². The van der Waals surface area contributed by atoms with E-state index in [1.54, 1.807) is 12.1 Å². The Hall–Kier alpha value is -2.16. The van der Waals surface area contributed by atoms with E-state index in [1.807, 2.05) is 18.2 Å². The molecule has 2 atom stereocenters. The Labute approximate surface area is 105 Å². The minimum absolute atomic E-state index is 0.163. The summed E-state index contributed by atoms with van der Waals surface area (Å²) in [5.41, 5.74) is 2.73. The maximum atomic E-state index is 10.6. The van der Waals surface area contributed by atoms with Gasteiger partial charge in [-0.2, -0.15) is 0 Å². The molecule has 2 aromatic rings. The molecule has 0 radical (unpaired) electrons. The van der Waals surface area contributed by atoms with Crippen molar-refractivity contribution in [3.8, 4) is 0 Å². The third-order valence-electron chi connectivity index (χ3n) is 3.55. The van der Waals surface area contributed by atoms with Gasteiger partial charge >= 0.3 is 0 Å². The van der Waals surface area contributed by atoms with Crippen LogP contribution >= 0.6 is 0 Å². The van der Waals surface area contributed by atoms with Crippen molar-refractivity contribution in [3.63, 3.8) is 0 Å². The summed E-state index contributed by atoms with van der Waals surface area (Å²) in [7, 11) is 0. The molecule has 0 aliphatic heterocycles. The second-order valence-electron chi connectivity index (χ2n) is 4.71. The highest BCUT2D eigenvalue weighted by Gasteiger charge is 2.39. The third-order valence-corrected chi connectivity index (χ3v) is 3.55. The van der Waals surface area contributed by atoms with Crippen LogP contribution in [-0.4, -0.2) is 4.92 Å². The largest absolute Gasteiger partial charge is 0.269 e. The lowest BCUT2D eigenvalue weighted by Gasteiger charge is -2.01. The molecular formula is C15H13NO2.